The van der Waals surface area contributed by atoms with Crippen molar-refractivity contribution < 1.29 is 18.3 Å². The molecule has 0 aliphatic heterocycles. The minimum absolute atomic E-state index is 0.0980. The maximum absolute atomic E-state index is 11.2. The van der Waals surface area contributed by atoms with Crippen LogP contribution in [0.2, 0.25) is 0 Å². The van der Waals surface area contributed by atoms with Gasteiger partial charge in [0.2, 0.25) is 0 Å². The molecular weight excluding hydrogens is 230 g/mol. The summed E-state index contributed by atoms with van der Waals surface area (Å²) in [6, 6.07) is 3.13. The monoisotopic (exact) mass is 245 g/mol. The quantitative estimate of drug-likeness (QED) is 0.811. The molecule has 16 heavy (non-hydrogen) atoms. The van der Waals surface area contributed by atoms with Gasteiger partial charge in [-0.05, 0) is 18.6 Å². The van der Waals surface area contributed by atoms with Gasteiger partial charge in [-0.3, -0.25) is 0 Å². The van der Waals surface area contributed by atoms with E-state index < -0.39 is 15.8 Å². The molecule has 0 saturated heterocycles. The van der Waals surface area contributed by atoms with E-state index in [1.165, 1.54) is 6.07 Å². The lowest BCUT2D eigenvalue weighted by atomic mass is 10.4. The number of carboxylic acids is 1. The van der Waals surface area contributed by atoms with Crippen molar-refractivity contribution in [3.63, 3.8) is 0 Å². The first-order valence-electron chi connectivity index (χ1n) is 5.05. The van der Waals surface area contributed by atoms with Crippen LogP contribution in [0.25, 0.3) is 0 Å². The highest BCUT2D eigenvalue weighted by atomic mass is 32.2. The van der Waals surface area contributed by atoms with Crippen molar-refractivity contribution in [2.75, 3.05) is 11.5 Å². The lowest BCUT2D eigenvalue weighted by Gasteiger charge is -2.05. The van der Waals surface area contributed by atoms with Crippen LogP contribution in [0.4, 0.5) is 0 Å². The van der Waals surface area contributed by atoms with Gasteiger partial charge in [-0.15, -0.1) is 0 Å². The van der Waals surface area contributed by atoms with Crippen LogP contribution in [0.1, 0.15) is 23.8 Å². The lowest BCUT2D eigenvalue weighted by Crippen LogP contribution is -2.13. The third kappa shape index (κ3) is 3.37. The molecule has 1 aromatic rings. The van der Waals surface area contributed by atoms with E-state index in [4.69, 9.17) is 5.11 Å². The van der Waals surface area contributed by atoms with Crippen LogP contribution >= 0.6 is 0 Å². The van der Waals surface area contributed by atoms with E-state index in [0.29, 0.717) is 13.0 Å². The highest BCUT2D eigenvalue weighted by Crippen LogP contribution is 2.04. The molecule has 90 valence electrons. The van der Waals surface area contributed by atoms with Crippen molar-refractivity contribution in [1.29, 1.82) is 0 Å². The van der Waals surface area contributed by atoms with E-state index in [0.717, 1.165) is 0 Å². The Labute approximate surface area is 94.6 Å². The van der Waals surface area contributed by atoms with Gasteiger partial charge in [-0.2, -0.15) is 0 Å². The molecule has 1 aromatic heterocycles. The van der Waals surface area contributed by atoms with Crippen LogP contribution in [0.5, 0.6) is 0 Å². The summed E-state index contributed by atoms with van der Waals surface area (Å²) in [6.07, 6.45) is 2.08. The fraction of sp³-hybridized carbons (Fsp3) is 0.500. The van der Waals surface area contributed by atoms with Crippen molar-refractivity contribution in [1.82, 2.24) is 4.57 Å². The molecule has 0 aliphatic rings. The maximum atomic E-state index is 11.2. The van der Waals surface area contributed by atoms with Crippen LogP contribution in [0.15, 0.2) is 18.3 Å². The Balaban J connectivity index is 2.56. The van der Waals surface area contributed by atoms with Crippen molar-refractivity contribution in [3.8, 4) is 0 Å². The predicted molar refractivity (Wildman–Crippen MR) is 60.3 cm³/mol. The Morgan fingerprint density at radius 2 is 2.19 bits per heavy atom. The summed E-state index contributed by atoms with van der Waals surface area (Å²) in [5.74, 6) is -0.770. The molecular formula is C10H15NO4S. The summed E-state index contributed by atoms with van der Waals surface area (Å²) >= 11 is 0. The molecule has 0 radical (unpaired) electrons. The van der Waals surface area contributed by atoms with Crippen LogP contribution in [0, 0.1) is 0 Å². The summed E-state index contributed by atoms with van der Waals surface area (Å²) in [4.78, 5) is 10.8. The third-order valence-corrected chi connectivity index (χ3v) is 4.13. The number of carboxylic acid groups (broad SMARTS) is 1. The second-order valence-corrected chi connectivity index (χ2v) is 5.95. The maximum Gasteiger partial charge on any atom is 0.352 e. The Morgan fingerprint density at radius 1 is 1.50 bits per heavy atom. The fourth-order valence-electron chi connectivity index (χ4n) is 1.40. The van der Waals surface area contributed by atoms with Gasteiger partial charge < -0.3 is 9.67 Å². The van der Waals surface area contributed by atoms with E-state index >= 15 is 0 Å². The van der Waals surface area contributed by atoms with Gasteiger partial charge in [0.1, 0.15) is 15.5 Å². The SMILES string of the molecule is CCS(=O)(=O)CCCn1cccc1C(=O)O. The Hall–Kier alpha value is -1.30. The number of rotatable bonds is 6. The van der Waals surface area contributed by atoms with Gasteiger partial charge >= 0.3 is 5.97 Å². The lowest BCUT2D eigenvalue weighted by molar-refractivity contribution is 0.0685. The van der Waals surface area contributed by atoms with E-state index in [2.05, 4.69) is 0 Å². The number of sulfone groups is 1. The van der Waals surface area contributed by atoms with Gasteiger partial charge in [0.05, 0.1) is 5.75 Å². The summed E-state index contributed by atoms with van der Waals surface area (Å²) in [6.45, 7) is 2.02. The molecule has 0 bridgehead atoms. The molecule has 0 spiro atoms. The normalized spacial score (nSPS) is 11.6. The number of hydrogen-bond donors (Lipinski definition) is 1. The van der Waals surface area contributed by atoms with Gasteiger partial charge in [0, 0.05) is 18.5 Å². The molecule has 0 saturated carbocycles. The topological polar surface area (TPSA) is 76.4 Å². The minimum atomic E-state index is -2.97. The predicted octanol–water partition coefficient (Wildman–Crippen LogP) is 1.01. The molecule has 5 nitrogen and oxygen atoms in total. The fourth-order valence-corrected chi connectivity index (χ4v) is 2.26. The Morgan fingerprint density at radius 3 is 2.75 bits per heavy atom. The molecule has 0 aromatic carbocycles. The van der Waals surface area contributed by atoms with Crippen LogP contribution in [0.3, 0.4) is 0 Å². The molecule has 0 amide bonds. The first kappa shape index (κ1) is 12.8. The molecule has 0 aliphatic carbocycles. The van der Waals surface area contributed by atoms with E-state index in [1.807, 2.05) is 0 Å². The highest BCUT2D eigenvalue weighted by molar-refractivity contribution is 7.91. The number of aromatic nitrogens is 1. The van der Waals surface area contributed by atoms with E-state index in [-0.39, 0.29) is 17.2 Å². The molecule has 1 heterocycles. The van der Waals surface area contributed by atoms with Crippen molar-refractivity contribution in [2.45, 2.75) is 19.9 Å². The number of nitrogens with zero attached hydrogens (tertiary/aromatic N) is 1. The standard InChI is InChI=1S/C10H15NO4S/c1-2-16(14,15)8-4-7-11-6-3-5-9(11)10(12)13/h3,5-6H,2,4,7-8H2,1H3,(H,12,13). The second kappa shape index (κ2) is 5.16. The Bertz CT molecular complexity index is 461. The molecule has 0 fully saturated rings. The van der Waals surface area contributed by atoms with Crippen molar-refractivity contribution >= 4 is 15.8 Å². The van der Waals surface area contributed by atoms with Crippen molar-refractivity contribution in [3.05, 3.63) is 24.0 Å². The zero-order valence-corrected chi connectivity index (χ0v) is 9.90. The number of carbonyl (C=O) groups is 1. The summed E-state index contributed by atoms with van der Waals surface area (Å²) in [7, 11) is -2.97. The Kier molecular flexibility index (Phi) is 4.12. The molecule has 0 unspecified atom stereocenters. The largest absolute Gasteiger partial charge is 0.477 e. The summed E-state index contributed by atoms with van der Waals surface area (Å²) in [5.41, 5.74) is 0.189. The molecule has 0 atom stereocenters. The second-order valence-electron chi connectivity index (χ2n) is 3.48. The molecule has 6 heteroatoms. The molecule has 1 N–H and O–H groups in total. The zero-order valence-electron chi connectivity index (χ0n) is 9.09. The first-order valence-corrected chi connectivity index (χ1v) is 6.87. The van der Waals surface area contributed by atoms with Gasteiger partial charge in [-0.25, -0.2) is 13.2 Å². The zero-order chi connectivity index (χ0) is 12.2. The number of aryl methyl sites for hydroxylation is 1. The van der Waals surface area contributed by atoms with Gasteiger partial charge in [-0.1, -0.05) is 6.92 Å². The van der Waals surface area contributed by atoms with Crippen LogP contribution in [-0.2, 0) is 16.4 Å². The number of aromatic carboxylic acids is 1. The van der Waals surface area contributed by atoms with Crippen molar-refractivity contribution in [2.24, 2.45) is 0 Å². The smallest absolute Gasteiger partial charge is 0.352 e. The van der Waals surface area contributed by atoms with Gasteiger partial charge in [0.15, 0.2) is 0 Å². The summed E-state index contributed by atoms with van der Waals surface area (Å²) < 4.78 is 24.0. The third-order valence-electron chi connectivity index (χ3n) is 2.34. The molecule has 1 rings (SSSR count). The average molecular weight is 245 g/mol. The van der Waals surface area contributed by atoms with E-state index in [9.17, 15) is 13.2 Å². The van der Waals surface area contributed by atoms with E-state index in [1.54, 1.807) is 23.8 Å². The minimum Gasteiger partial charge on any atom is -0.477 e. The first-order chi connectivity index (χ1) is 7.46. The number of hydrogen-bond acceptors (Lipinski definition) is 3. The van der Waals surface area contributed by atoms with Gasteiger partial charge in [0.25, 0.3) is 0 Å². The van der Waals surface area contributed by atoms with Crippen LogP contribution in [-0.4, -0.2) is 35.6 Å². The van der Waals surface area contributed by atoms with Crippen LogP contribution < -0.4 is 0 Å². The highest BCUT2D eigenvalue weighted by Gasteiger charge is 2.10. The summed E-state index contributed by atoms with van der Waals surface area (Å²) in [5, 5.41) is 8.82. The average Bonchev–Trinajstić information content (AvgIpc) is 2.66.